The van der Waals surface area contributed by atoms with Crippen molar-refractivity contribution in [2.45, 2.75) is 53.1 Å². The third kappa shape index (κ3) is 5.29. The molecule has 0 radical (unpaired) electrons. The molecule has 1 N–H and O–H groups in total. The molecule has 3 rings (SSSR count). The third-order valence-electron chi connectivity index (χ3n) is 6.44. The normalized spacial score (nSPS) is 16.0. The standard InChI is InChI=1S/C24H36N4O2/c1-5-20(6-2)23(27-11-13-30-14-12-27)16-26-24(29)22-15-18(3)28(19(22)4)17-21-9-7-8-10-25-21/h7-10,15,20,23H,5-6,11-14,16-17H2,1-4H3,(H,26,29). The van der Waals surface area contributed by atoms with Crippen molar-refractivity contribution >= 4 is 5.91 Å². The highest BCUT2D eigenvalue weighted by Gasteiger charge is 2.28. The predicted molar refractivity (Wildman–Crippen MR) is 120 cm³/mol. The van der Waals surface area contributed by atoms with Crippen LogP contribution in [0.4, 0.5) is 0 Å². The number of aryl methyl sites for hydroxylation is 1. The lowest BCUT2D eigenvalue weighted by Crippen LogP contribution is -2.52. The van der Waals surface area contributed by atoms with Gasteiger partial charge in [-0.05, 0) is 38.0 Å². The van der Waals surface area contributed by atoms with Gasteiger partial charge in [0.1, 0.15) is 0 Å². The molecule has 6 heteroatoms. The van der Waals surface area contributed by atoms with Crippen molar-refractivity contribution in [2.75, 3.05) is 32.8 Å². The number of rotatable bonds is 9. The van der Waals surface area contributed by atoms with Crippen molar-refractivity contribution in [1.82, 2.24) is 19.8 Å². The average molecular weight is 413 g/mol. The molecule has 6 nitrogen and oxygen atoms in total. The van der Waals surface area contributed by atoms with E-state index in [1.54, 1.807) is 6.20 Å². The highest BCUT2D eigenvalue weighted by atomic mass is 16.5. The lowest BCUT2D eigenvalue weighted by Gasteiger charge is -2.38. The molecule has 1 aliphatic rings. The number of morpholine rings is 1. The van der Waals surface area contributed by atoms with E-state index in [4.69, 9.17) is 4.74 Å². The highest BCUT2D eigenvalue weighted by molar-refractivity contribution is 5.95. The first-order valence-electron chi connectivity index (χ1n) is 11.2. The molecule has 1 atom stereocenters. The monoisotopic (exact) mass is 412 g/mol. The van der Waals surface area contributed by atoms with Crippen LogP contribution in [-0.4, -0.2) is 59.2 Å². The van der Waals surface area contributed by atoms with E-state index in [2.05, 4.69) is 33.6 Å². The van der Waals surface area contributed by atoms with Gasteiger partial charge in [0.15, 0.2) is 0 Å². The Morgan fingerprint density at radius 2 is 1.93 bits per heavy atom. The van der Waals surface area contributed by atoms with E-state index in [0.29, 0.717) is 25.0 Å². The maximum Gasteiger partial charge on any atom is 0.253 e. The first kappa shape index (κ1) is 22.5. The van der Waals surface area contributed by atoms with E-state index in [9.17, 15) is 4.79 Å². The maximum atomic E-state index is 13.1. The fourth-order valence-electron chi connectivity index (χ4n) is 4.56. The van der Waals surface area contributed by atoms with Gasteiger partial charge in [0.2, 0.25) is 0 Å². The van der Waals surface area contributed by atoms with E-state index in [-0.39, 0.29) is 5.91 Å². The Labute approximate surface area is 180 Å². The van der Waals surface area contributed by atoms with Crippen molar-refractivity contribution in [3.8, 4) is 0 Å². The van der Waals surface area contributed by atoms with E-state index >= 15 is 0 Å². The quantitative estimate of drug-likeness (QED) is 0.686. The van der Waals surface area contributed by atoms with Crippen LogP contribution >= 0.6 is 0 Å². The summed E-state index contributed by atoms with van der Waals surface area (Å²) in [6.45, 7) is 13.3. The molecule has 1 saturated heterocycles. The lowest BCUT2D eigenvalue weighted by molar-refractivity contribution is 0.00191. The van der Waals surface area contributed by atoms with Gasteiger partial charge in [0, 0.05) is 43.3 Å². The summed E-state index contributed by atoms with van der Waals surface area (Å²) in [4.78, 5) is 20.0. The fraction of sp³-hybridized carbons (Fsp3) is 0.583. The summed E-state index contributed by atoms with van der Waals surface area (Å²) in [5, 5.41) is 3.24. The van der Waals surface area contributed by atoms with E-state index in [0.717, 1.165) is 61.8 Å². The van der Waals surface area contributed by atoms with Gasteiger partial charge < -0.3 is 14.6 Å². The molecule has 2 aromatic heterocycles. The first-order valence-corrected chi connectivity index (χ1v) is 11.2. The molecule has 2 aromatic rings. The number of carbonyl (C=O) groups is 1. The number of hydrogen-bond acceptors (Lipinski definition) is 4. The topological polar surface area (TPSA) is 59.4 Å². The number of carbonyl (C=O) groups excluding carboxylic acids is 1. The Morgan fingerprint density at radius 1 is 1.20 bits per heavy atom. The van der Waals surface area contributed by atoms with Crippen LogP contribution in [0.1, 0.15) is 54.1 Å². The summed E-state index contributed by atoms with van der Waals surface area (Å²) in [5.74, 6) is 0.583. The lowest BCUT2D eigenvalue weighted by atomic mass is 9.92. The molecule has 1 fully saturated rings. The summed E-state index contributed by atoms with van der Waals surface area (Å²) in [6, 6.07) is 8.27. The summed E-state index contributed by atoms with van der Waals surface area (Å²) in [5.41, 5.74) is 3.82. The Balaban J connectivity index is 1.70. The zero-order valence-electron chi connectivity index (χ0n) is 18.9. The Hall–Kier alpha value is -2.18. The molecule has 30 heavy (non-hydrogen) atoms. The number of hydrogen-bond donors (Lipinski definition) is 1. The summed E-state index contributed by atoms with van der Waals surface area (Å²) in [6.07, 6.45) is 4.04. The number of aromatic nitrogens is 2. The van der Waals surface area contributed by atoms with Gasteiger partial charge in [-0.2, -0.15) is 0 Å². The van der Waals surface area contributed by atoms with E-state index in [1.807, 2.05) is 38.1 Å². The highest BCUT2D eigenvalue weighted by Crippen LogP contribution is 2.21. The Bertz CT molecular complexity index is 808. The molecule has 0 spiro atoms. The minimum atomic E-state index is 0.0135. The third-order valence-corrected chi connectivity index (χ3v) is 6.44. The number of nitrogens with zero attached hydrogens (tertiary/aromatic N) is 3. The van der Waals surface area contributed by atoms with Gasteiger partial charge in [0.25, 0.3) is 5.91 Å². The molecular formula is C24H36N4O2. The van der Waals surface area contributed by atoms with Gasteiger partial charge in [-0.25, -0.2) is 0 Å². The number of nitrogens with one attached hydrogen (secondary N) is 1. The van der Waals surface area contributed by atoms with Gasteiger partial charge in [-0.1, -0.05) is 32.8 Å². The largest absolute Gasteiger partial charge is 0.379 e. The molecule has 0 aliphatic carbocycles. The molecule has 1 amide bonds. The molecule has 1 unspecified atom stereocenters. The zero-order valence-corrected chi connectivity index (χ0v) is 18.9. The van der Waals surface area contributed by atoms with E-state index < -0.39 is 0 Å². The van der Waals surface area contributed by atoms with Gasteiger partial charge >= 0.3 is 0 Å². The smallest absolute Gasteiger partial charge is 0.253 e. The van der Waals surface area contributed by atoms with Crippen molar-refractivity contribution in [3.05, 3.63) is 53.1 Å². The zero-order chi connectivity index (χ0) is 21.5. The van der Waals surface area contributed by atoms with Crippen molar-refractivity contribution in [1.29, 1.82) is 0 Å². The van der Waals surface area contributed by atoms with Crippen LogP contribution in [0.25, 0.3) is 0 Å². The first-order chi connectivity index (χ1) is 14.5. The molecule has 0 bridgehead atoms. The van der Waals surface area contributed by atoms with Crippen molar-refractivity contribution < 1.29 is 9.53 Å². The SMILES string of the molecule is CCC(CC)C(CNC(=O)c1cc(C)n(Cc2ccccn2)c1C)N1CCOCC1. The minimum absolute atomic E-state index is 0.0135. The van der Waals surface area contributed by atoms with Crippen LogP contribution in [-0.2, 0) is 11.3 Å². The molecule has 0 aromatic carbocycles. The van der Waals surface area contributed by atoms with Gasteiger partial charge in [-0.15, -0.1) is 0 Å². The summed E-state index contributed by atoms with van der Waals surface area (Å²) >= 11 is 0. The van der Waals surface area contributed by atoms with E-state index in [1.165, 1.54) is 0 Å². The summed E-state index contributed by atoms with van der Waals surface area (Å²) < 4.78 is 7.70. The summed E-state index contributed by atoms with van der Waals surface area (Å²) in [7, 11) is 0. The number of amides is 1. The Morgan fingerprint density at radius 3 is 2.57 bits per heavy atom. The van der Waals surface area contributed by atoms with Crippen LogP contribution in [0.3, 0.4) is 0 Å². The minimum Gasteiger partial charge on any atom is -0.379 e. The second-order valence-electron chi connectivity index (χ2n) is 8.19. The fourth-order valence-corrected chi connectivity index (χ4v) is 4.56. The van der Waals surface area contributed by atoms with Crippen LogP contribution in [0, 0.1) is 19.8 Å². The maximum absolute atomic E-state index is 13.1. The second-order valence-corrected chi connectivity index (χ2v) is 8.19. The average Bonchev–Trinajstić information content (AvgIpc) is 3.06. The van der Waals surface area contributed by atoms with Crippen LogP contribution in [0.15, 0.2) is 30.5 Å². The number of pyridine rings is 1. The molecule has 164 valence electrons. The molecule has 0 saturated carbocycles. The van der Waals surface area contributed by atoms with Crippen LogP contribution in [0.2, 0.25) is 0 Å². The second kappa shape index (κ2) is 10.7. The van der Waals surface area contributed by atoms with Crippen LogP contribution < -0.4 is 5.32 Å². The van der Waals surface area contributed by atoms with Crippen molar-refractivity contribution in [3.63, 3.8) is 0 Å². The number of ether oxygens (including phenoxy) is 1. The Kier molecular flexibility index (Phi) is 8.05. The van der Waals surface area contributed by atoms with Gasteiger partial charge in [-0.3, -0.25) is 14.7 Å². The van der Waals surface area contributed by atoms with Gasteiger partial charge in [0.05, 0.1) is 31.0 Å². The molecule has 1 aliphatic heterocycles. The predicted octanol–water partition coefficient (Wildman–Crippen LogP) is 3.42. The van der Waals surface area contributed by atoms with Crippen LogP contribution in [0.5, 0.6) is 0 Å². The van der Waals surface area contributed by atoms with Crippen molar-refractivity contribution in [2.24, 2.45) is 5.92 Å². The molecular weight excluding hydrogens is 376 g/mol. The molecule has 3 heterocycles.